The number of carbonyl (C=O) groups is 1. The predicted molar refractivity (Wildman–Crippen MR) is 72.5 cm³/mol. The first-order valence-electron chi connectivity index (χ1n) is 5.95. The van der Waals surface area contributed by atoms with E-state index < -0.39 is 0 Å². The number of rotatable bonds is 2. The second kappa shape index (κ2) is 4.57. The Morgan fingerprint density at radius 2 is 2.16 bits per heavy atom. The molecule has 0 radical (unpaired) electrons. The van der Waals surface area contributed by atoms with Gasteiger partial charge in [-0.2, -0.15) is 0 Å². The number of benzene rings is 1. The molecule has 0 fully saturated rings. The molecular formula is C15H12N2O2. The molecule has 0 spiro atoms. The minimum absolute atomic E-state index is 0.215. The predicted octanol–water partition coefficient (Wildman–Crippen LogP) is 2.51. The zero-order valence-electron chi connectivity index (χ0n) is 10.4. The van der Waals surface area contributed by atoms with Crippen LogP contribution in [0.3, 0.4) is 0 Å². The van der Waals surface area contributed by atoms with Crippen LogP contribution in [0.2, 0.25) is 0 Å². The van der Waals surface area contributed by atoms with Gasteiger partial charge in [-0.1, -0.05) is 23.8 Å². The summed E-state index contributed by atoms with van der Waals surface area (Å²) >= 11 is 0. The summed E-state index contributed by atoms with van der Waals surface area (Å²) in [6, 6.07) is 11.4. The minimum Gasteiger partial charge on any atom is -0.465 e. The van der Waals surface area contributed by atoms with Gasteiger partial charge >= 0.3 is 0 Å². The van der Waals surface area contributed by atoms with E-state index in [4.69, 9.17) is 4.42 Å². The highest BCUT2D eigenvalue weighted by Crippen LogP contribution is 2.15. The molecule has 0 aliphatic carbocycles. The van der Waals surface area contributed by atoms with Gasteiger partial charge in [-0.15, -0.1) is 0 Å². The Labute approximate surface area is 110 Å². The van der Waals surface area contributed by atoms with Crippen LogP contribution in [0.1, 0.15) is 16.9 Å². The molecule has 94 valence electrons. The molecule has 0 saturated heterocycles. The van der Waals surface area contributed by atoms with Gasteiger partial charge in [0.1, 0.15) is 17.3 Å². The molecule has 1 N–H and O–H groups in total. The lowest BCUT2D eigenvalue weighted by molar-refractivity contribution is -0.115. The molecule has 2 aromatic rings. The Morgan fingerprint density at radius 3 is 2.89 bits per heavy atom. The Bertz CT molecular complexity index is 682. The fourth-order valence-corrected chi connectivity index (χ4v) is 1.91. The second-order valence-corrected chi connectivity index (χ2v) is 4.33. The number of aliphatic imine (C=N–C) groups is 1. The SMILES string of the molecule is Cc1cccc(C2=N/C(=C/c3ccco3)C(=O)N2)c1. The van der Waals surface area contributed by atoms with Crippen molar-refractivity contribution in [2.75, 3.05) is 0 Å². The third-order valence-corrected chi connectivity index (χ3v) is 2.81. The van der Waals surface area contributed by atoms with Gasteiger partial charge in [0.2, 0.25) is 0 Å². The fourth-order valence-electron chi connectivity index (χ4n) is 1.91. The fraction of sp³-hybridized carbons (Fsp3) is 0.0667. The molecule has 1 aliphatic rings. The van der Waals surface area contributed by atoms with Crippen molar-refractivity contribution in [2.45, 2.75) is 6.92 Å². The van der Waals surface area contributed by atoms with Crippen molar-refractivity contribution < 1.29 is 9.21 Å². The molecule has 2 heterocycles. The number of furan rings is 1. The molecule has 0 saturated carbocycles. The first-order valence-corrected chi connectivity index (χ1v) is 5.95. The van der Waals surface area contributed by atoms with Crippen LogP contribution in [0.5, 0.6) is 0 Å². The van der Waals surface area contributed by atoms with Crippen molar-refractivity contribution in [1.29, 1.82) is 0 Å². The van der Waals surface area contributed by atoms with Crippen molar-refractivity contribution in [3.8, 4) is 0 Å². The van der Waals surface area contributed by atoms with E-state index in [1.54, 1.807) is 24.5 Å². The van der Waals surface area contributed by atoms with Crippen LogP contribution in [0.15, 0.2) is 57.8 Å². The number of hydrogen-bond donors (Lipinski definition) is 1. The third-order valence-electron chi connectivity index (χ3n) is 2.81. The summed E-state index contributed by atoms with van der Waals surface area (Å²) in [6.45, 7) is 2.00. The number of carbonyl (C=O) groups excluding carboxylic acids is 1. The van der Waals surface area contributed by atoms with Crippen LogP contribution in [0.4, 0.5) is 0 Å². The molecule has 4 nitrogen and oxygen atoms in total. The highest BCUT2D eigenvalue weighted by Gasteiger charge is 2.21. The maximum atomic E-state index is 11.8. The number of nitrogens with zero attached hydrogens (tertiary/aromatic N) is 1. The second-order valence-electron chi connectivity index (χ2n) is 4.33. The average Bonchev–Trinajstić information content (AvgIpc) is 3.01. The molecule has 1 aromatic carbocycles. The normalized spacial score (nSPS) is 16.6. The quantitative estimate of drug-likeness (QED) is 0.835. The molecule has 0 bridgehead atoms. The highest BCUT2D eigenvalue weighted by molar-refractivity contribution is 6.19. The number of aryl methyl sites for hydroxylation is 1. The van der Waals surface area contributed by atoms with Crippen molar-refractivity contribution in [3.63, 3.8) is 0 Å². The lowest BCUT2D eigenvalue weighted by Gasteiger charge is -2.00. The Kier molecular flexibility index (Phi) is 2.76. The molecule has 19 heavy (non-hydrogen) atoms. The number of nitrogens with one attached hydrogen (secondary N) is 1. The van der Waals surface area contributed by atoms with Crippen LogP contribution >= 0.6 is 0 Å². The monoisotopic (exact) mass is 252 g/mol. The molecule has 0 unspecified atom stereocenters. The highest BCUT2D eigenvalue weighted by atomic mass is 16.3. The maximum absolute atomic E-state index is 11.8. The molecule has 1 aromatic heterocycles. The zero-order valence-corrected chi connectivity index (χ0v) is 10.4. The summed E-state index contributed by atoms with van der Waals surface area (Å²) in [5, 5.41) is 2.76. The molecular weight excluding hydrogens is 240 g/mol. The van der Waals surface area contributed by atoms with Crippen molar-refractivity contribution in [3.05, 3.63) is 65.2 Å². The summed E-state index contributed by atoms with van der Waals surface area (Å²) in [4.78, 5) is 16.1. The topological polar surface area (TPSA) is 54.6 Å². The Hall–Kier alpha value is -2.62. The number of amides is 1. The van der Waals surface area contributed by atoms with E-state index >= 15 is 0 Å². The molecule has 0 atom stereocenters. The van der Waals surface area contributed by atoms with E-state index in [2.05, 4.69) is 10.3 Å². The van der Waals surface area contributed by atoms with Gasteiger partial charge < -0.3 is 9.73 Å². The van der Waals surface area contributed by atoms with Gasteiger partial charge in [0.25, 0.3) is 5.91 Å². The van der Waals surface area contributed by atoms with Crippen molar-refractivity contribution in [2.24, 2.45) is 4.99 Å². The van der Waals surface area contributed by atoms with E-state index in [9.17, 15) is 4.79 Å². The largest absolute Gasteiger partial charge is 0.465 e. The van der Waals surface area contributed by atoms with Gasteiger partial charge in [0, 0.05) is 11.6 Å². The maximum Gasteiger partial charge on any atom is 0.275 e. The lowest BCUT2D eigenvalue weighted by Crippen LogP contribution is -2.24. The van der Waals surface area contributed by atoms with Gasteiger partial charge in [0.05, 0.1) is 6.26 Å². The van der Waals surface area contributed by atoms with Crippen LogP contribution in [0.25, 0.3) is 6.08 Å². The van der Waals surface area contributed by atoms with Crippen LogP contribution in [-0.2, 0) is 4.79 Å². The van der Waals surface area contributed by atoms with E-state index in [0.717, 1.165) is 11.1 Å². The average molecular weight is 252 g/mol. The summed E-state index contributed by atoms with van der Waals surface area (Å²) in [5.74, 6) is 0.971. The lowest BCUT2D eigenvalue weighted by atomic mass is 10.1. The first kappa shape index (κ1) is 11.5. The zero-order chi connectivity index (χ0) is 13.2. The summed E-state index contributed by atoms with van der Waals surface area (Å²) in [6.07, 6.45) is 3.18. The smallest absolute Gasteiger partial charge is 0.275 e. The van der Waals surface area contributed by atoms with E-state index in [0.29, 0.717) is 17.3 Å². The van der Waals surface area contributed by atoms with Crippen LogP contribution in [0, 0.1) is 6.92 Å². The third kappa shape index (κ3) is 2.33. The van der Waals surface area contributed by atoms with Crippen LogP contribution in [-0.4, -0.2) is 11.7 Å². The van der Waals surface area contributed by atoms with Crippen molar-refractivity contribution in [1.82, 2.24) is 5.32 Å². The summed E-state index contributed by atoms with van der Waals surface area (Å²) in [7, 11) is 0. The molecule has 1 aliphatic heterocycles. The Balaban J connectivity index is 1.95. The van der Waals surface area contributed by atoms with Crippen molar-refractivity contribution >= 4 is 17.8 Å². The van der Waals surface area contributed by atoms with E-state index in [1.807, 2.05) is 31.2 Å². The molecule has 1 amide bonds. The van der Waals surface area contributed by atoms with E-state index in [1.165, 1.54) is 0 Å². The van der Waals surface area contributed by atoms with E-state index in [-0.39, 0.29) is 5.91 Å². The van der Waals surface area contributed by atoms with Gasteiger partial charge in [-0.05, 0) is 25.1 Å². The van der Waals surface area contributed by atoms with Gasteiger partial charge in [-0.25, -0.2) is 4.99 Å². The molecule has 4 heteroatoms. The van der Waals surface area contributed by atoms with Gasteiger partial charge in [0.15, 0.2) is 0 Å². The summed E-state index contributed by atoms with van der Waals surface area (Å²) in [5.41, 5.74) is 2.38. The first-order chi connectivity index (χ1) is 9.22. The van der Waals surface area contributed by atoms with Gasteiger partial charge in [-0.3, -0.25) is 4.79 Å². The summed E-state index contributed by atoms with van der Waals surface area (Å²) < 4.78 is 5.18. The Morgan fingerprint density at radius 1 is 1.26 bits per heavy atom. The molecule has 3 rings (SSSR count). The number of hydrogen-bond acceptors (Lipinski definition) is 3. The number of amidine groups is 1. The standard InChI is InChI=1S/C15H12N2O2/c1-10-4-2-5-11(8-10)14-16-13(15(18)17-14)9-12-6-3-7-19-12/h2-9H,1H3,(H,16,17,18)/b13-9+. The minimum atomic E-state index is -0.215. The van der Waals surface area contributed by atoms with Crippen LogP contribution < -0.4 is 5.32 Å².